The first-order valence-electron chi connectivity index (χ1n) is 3.43. The van der Waals surface area contributed by atoms with Crippen molar-refractivity contribution in [2.24, 2.45) is 0 Å². The van der Waals surface area contributed by atoms with E-state index in [0.29, 0.717) is 0 Å². The Morgan fingerprint density at radius 2 is 2.22 bits per heavy atom. The van der Waals surface area contributed by atoms with Gasteiger partial charge in [-0.1, -0.05) is 6.92 Å². The highest BCUT2D eigenvalue weighted by molar-refractivity contribution is 7.99. The van der Waals surface area contributed by atoms with Crippen molar-refractivity contribution in [1.82, 2.24) is 0 Å². The lowest BCUT2D eigenvalue weighted by molar-refractivity contribution is -0.107. The van der Waals surface area contributed by atoms with Gasteiger partial charge in [0.2, 0.25) is 0 Å². The van der Waals surface area contributed by atoms with Crippen LogP contribution in [0.15, 0.2) is 0 Å². The van der Waals surface area contributed by atoms with E-state index < -0.39 is 0 Å². The summed E-state index contributed by atoms with van der Waals surface area (Å²) in [5, 5.41) is 0. The van der Waals surface area contributed by atoms with Crippen LogP contribution in [-0.4, -0.2) is 17.8 Å². The van der Waals surface area contributed by atoms with Crippen molar-refractivity contribution >= 4 is 18.0 Å². The smallest absolute Gasteiger partial charge is 0.119 e. The molecule has 0 saturated carbocycles. The van der Waals surface area contributed by atoms with E-state index >= 15 is 0 Å². The zero-order valence-corrected chi connectivity index (χ0v) is 6.75. The molecule has 0 heterocycles. The SMILES string of the molecule is CCSCCCCC=O. The van der Waals surface area contributed by atoms with Gasteiger partial charge in [0.1, 0.15) is 6.29 Å². The first-order chi connectivity index (χ1) is 4.41. The molecule has 0 unspecified atom stereocenters. The summed E-state index contributed by atoms with van der Waals surface area (Å²) >= 11 is 1.94. The first kappa shape index (κ1) is 9.02. The van der Waals surface area contributed by atoms with Gasteiger partial charge in [-0.2, -0.15) is 11.8 Å². The molecule has 0 radical (unpaired) electrons. The minimum atomic E-state index is 0.740. The maximum absolute atomic E-state index is 9.83. The van der Waals surface area contributed by atoms with Gasteiger partial charge in [-0.3, -0.25) is 0 Å². The van der Waals surface area contributed by atoms with E-state index in [0.717, 1.165) is 19.1 Å². The molecule has 0 aliphatic rings. The van der Waals surface area contributed by atoms with Crippen LogP contribution >= 0.6 is 11.8 Å². The van der Waals surface area contributed by atoms with Crippen LogP contribution in [0.4, 0.5) is 0 Å². The minimum Gasteiger partial charge on any atom is -0.303 e. The van der Waals surface area contributed by atoms with Gasteiger partial charge < -0.3 is 4.79 Å². The third-order valence-corrected chi connectivity index (χ3v) is 2.05. The molecule has 1 nitrogen and oxygen atoms in total. The number of carbonyl (C=O) groups excluding carboxylic acids is 1. The second-order valence-electron chi connectivity index (χ2n) is 1.86. The molecule has 0 aliphatic heterocycles. The van der Waals surface area contributed by atoms with Crippen LogP contribution in [0, 0.1) is 0 Å². The Labute approximate surface area is 61.2 Å². The zero-order chi connectivity index (χ0) is 6.95. The number of hydrogen-bond donors (Lipinski definition) is 0. The molecule has 9 heavy (non-hydrogen) atoms. The Hall–Kier alpha value is 0.0200. The van der Waals surface area contributed by atoms with E-state index in [1.807, 2.05) is 11.8 Å². The van der Waals surface area contributed by atoms with Crippen LogP contribution in [-0.2, 0) is 4.79 Å². The molecule has 0 aromatic heterocycles. The monoisotopic (exact) mass is 146 g/mol. The van der Waals surface area contributed by atoms with Crippen LogP contribution < -0.4 is 0 Å². The Morgan fingerprint density at radius 1 is 1.44 bits per heavy atom. The first-order valence-corrected chi connectivity index (χ1v) is 4.58. The fraction of sp³-hybridized carbons (Fsp3) is 0.857. The third kappa shape index (κ3) is 8.02. The second kappa shape index (κ2) is 8.02. The van der Waals surface area contributed by atoms with Crippen LogP contribution in [0.5, 0.6) is 0 Å². The number of aldehydes is 1. The van der Waals surface area contributed by atoms with Crippen LogP contribution in [0.1, 0.15) is 26.2 Å². The predicted molar refractivity (Wildman–Crippen MR) is 42.9 cm³/mol. The van der Waals surface area contributed by atoms with Crippen LogP contribution in [0.25, 0.3) is 0 Å². The largest absolute Gasteiger partial charge is 0.303 e. The normalized spacial score (nSPS) is 9.44. The fourth-order valence-corrected chi connectivity index (χ4v) is 1.27. The van der Waals surface area contributed by atoms with Gasteiger partial charge in [0.05, 0.1) is 0 Å². The van der Waals surface area contributed by atoms with E-state index in [9.17, 15) is 4.79 Å². The van der Waals surface area contributed by atoms with E-state index in [1.54, 1.807) is 0 Å². The molecular formula is C7H14OS. The lowest BCUT2D eigenvalue weighted by Crippen LogP contribution is -1.81. The molecule has 0 amide bonds. The second-order valence-corrected chi connectivity index (χ2v) is 3.25. The molecule has 0 atom stereocenters. The van der Waals surface area contributed by atoms with E-state index in [1.165, 1.54) is 17.9 Å². The number of hydrogen-bond acceptors (Lipinski definition) is 2. The summed E-state index contributed by atoms with van der Waals surface area (Å²) in [6.07, 6.45) is 3.99. The summed E-state index contributed by atoms with van der Waals surface area (Å²) in [6, 6.07) is 0. The summed E-state index contributed by atoms with van der Waals surface area (Å²) < 4.78 is 0. The van der Waals surface area contributed by atoms with Gasteiger partial charge in [-0.25, -0.2) is 0 Å². The van der Waals surface area contributed by atoms with Gasteiger partial charge in [-0.05, 0) is 24.3 Å². The highest BCUT2D eigenvalue weighted by Crippen LogP contribution is 2.03. The van der Waals surface area contributed by atoms with E-state index in [4.69, 9.17) is 0 Å². The van der Waals surface area contributed by atoms with Crippen LogP contribution in [0.2, 0.25) is 0 Å². The summed E-state index contributed by atoms with van der Waals surface area (Å²) in [4.78, 5) is 9.83. The minimum absolute atomic E-state index is 0.740. The highest BCUT2D eigenvalue weighted by atomic mass is 32.2. The standard InChI is InChI=1S/C7H14OS/c1-2-9-7-5-3-4-6-8/h6H,2-5,7H2,1H3. The van der Waals surface area contributed by atoms with Gasteiger partial charge in [0.15, 0.2) is 0 Å². The molecule has 0 aromatic carbocycles. The van der Waals surface area contributed by atoms with Gasteiger partial charge in [0, 0.05) is 6.42 Å². The molecule has 0 bridgehead atoms. The quantitative estimate of drug-likeness (QED) is 0.421. The Balaban J connectivity index is 2.66. The Bertz CT molecular complexity index is 63.9. The maximum atomic E-state index is 9.83. The van der Waals surface area contributed by atoms with E-state index in [2.05, 4.69) is 6.92 Å². The van der Waals surface area contributed by atoms with Gasteiger partial charge in [-0.15, -0.1) is 0 Å². The number of unbranched alkanes of at least 4 members (excludes halogenated alkanes) is 2. The van der Waals surface area contributed by atoms with Crippen LogP contribution in [0.3, 0.4) is 0 Å². The molecule has 0 fully saturated rings. The van der Waals surface area contributed by atoms with Crippen molar-refractivity contribution in [3.63, 3.8) is 0 Å². The average molecular weight is 146 g/mol. The molecule has 0 aromatic rings. The summed E-state index contributed by atoms with van der Waals surface area (Å²) in [7, 11) is 0. The lowest BCUT2D eigenvalue weighted by Gasteiger charge is -1.93. The summed E-state index contributed by atoms with van der Waals surface area (Å²) in [6.45, 7) is 2.16. The maximum Gasteiger partial charge on any atom is 0.119 e. The number of thioether (sulfide) groups is 1. The molecular weight excluding hydrogens is 132 g/mol. The fourth-order valence-electron chi connectivity index (χ4n) is 0.576. The van der Waals surface area contributed by atoms with Crippen molar-refractivity contribution < 1.29 is 4.79 Å². The van der Waals surface area contributed by atoms with E-state index in [-0.39, 0.29) is 0 Å². The molecule has 54 valence electrons. The summed E-state index contributed by atoms with van der Waals surface area (Å²) in [5.41, 5.74) is 0. The Kier molecular flexibility index (Phi) is 8.04. The molecule has 0 spiro atoms. The predicted octanol–water partition coefficient (Wildman–Crippen LogP) is 2.11. The molecule has 0 rings (SSSR count). The highest BCUT2D eigenvalue weighted by Gasteiger charge is 1.85. The van der Waals surface area contributed by atoms with Gasteiger partial charge >= 0.3 is 0 Å². The molecule has 0 aliphatic carbocycles. The molecule has 2 heteroatoms. The zero-order valence-electron chi connectivity index (χ0n) is 5.93. The average Bonchev–Trinajstić information content (AvgIpc) is 1.89. The topological polar surface area (TPSA) is 17.1 Å². The van der Waals surface area contributed by atoms with Crippen molar-refractivity contribution in [3.8, 4) is 0 Å². The van der Waals surface area contributed by atoms with Crippen molar-refractivity contribution in [2.45, 2.75) is 26.2 Å². The summed E-state index contributed by atoms with van der Waals surface area (Å²) in [5.74, 6) is 2.41. The lowest BCUT2D eigenvalue weighted by atomic mass is 10.3. The van der Waals surface area contributed by atoms with Crippen molar-refractivity contribution in [2.75, 3.05) is 11.5 Å². The van der Waals surface area contributed by atoms with Crippen molar-refractivity contribution in [3.05, 3.63) is 0 Å². The number of rotatable bonds is 6. The third-order valence-electron chi connectivity index (χ3n) is 1.06. The molecule has 0 N–H and O–H groups in total. The Morgan fingerprint density at radius 3 is 2.78 bits per heavy atom. The number of carbonyl (C=O) groups is 1. The molecule has 0 saturated heterocycles. The van der Waals surface area contributed by atoms with Gasteiger partial charge in [0.25, 0.3) is 0 Å². The van der Waals surface area contributed by atoms with Crippen molar-refractivity contribution in [1.29, 1.82) is 0 Å².